The molecule has 0 spiro atoms. The zero-order chi connectivity index (χ0) is 24.2. The van der Waals surface area contributed by atoms with Crippen molar-refractivity contribution in [2.45, 2.75) is 6.54 Å². The minimum absolute atomic E-state index is 0.0161. The molecule has 0 aliphatic rings. The van der Waals surface area contributed by atoms with Gasteiger partial charge in [-0.1, -0.05) is 48.5 Å². The number of carbonyl (C=O) groups excluding carboxylic acids is 1. The summed E-state index contributed by atoms with van der Waals surface area (Å²) in [5.41, 5.74) is 10.6. The highest BCUT2D eigenvalue weighted by atomic mass is 16.1. The van der Waals surface area contributed by atoms with E-state index in [1.54, 1.807) is 24.4 Å². The molecular formula is C27H19N7O. The van der Waals surface area contributed by atoms with Crippen molar-refractivity contribution >= 4 is 22.6 Å². The van der Waals surface area contributed by atoms with Gasteiger partial charge in [-0.25, -0.2) is 15.0 Å². The van der Waals surface area contributed by atoms with E-state index in [1.807, 2.05) is 66.7 Å². The van der Waals surface area contributed by atoms with E-state index < -0.39 is 5.91 Å². The average molecular weight is 457 g/mol. The first kappa shape index (κ1) is 21.7. The van der Waals surface area contributed by atoms with E-state index in [0.29, 0.717) is 17.1 Å². The second kappa shape index (κ2) is 9.37. The lowest BCUT2D eigenvalue weighted by Gasteiger charge is -2.13. The predicted molar refractivity (Wildman–Crippen MR) is 133 cm³/mol. The number of nitriles is 1. The van der Waals surface area contributed by atoms with Gasteiger partial charge in [-0.05, 0) is 30.3 Å². The van der Waals surface area contributed by atoms with Gasteiger partial charge in [0.2, 0.25) is 0 Å². The van der Waals surface area contributed by atoms with Gasteiger partial charge in [0, 0.05) is 22.7 Å². The van der Waals surface area contributed by atoms with Gasteiger partial charge in [0.05, 0.1) is 29.1 Å². The highest BCUT2D eigenvalue weighted by Gasteiger charge is 2.20. The number of hydrogen-bond donors (Lipinski definition) is 2. The Bertz CT molecular complexity index is 1590. The molecule has 3 heterocycles. The number of anilines is 1. The Morgan fingerprint density at radius 3 is 2.54 bits per heavy atom. The Morgan fingerprint density at radius 2 is 1.71 bits per heavy atom. The van der Waals surface area contributed by atoms with Gasteiger partial charge in [-0.15, -0.1) is 0 Å². The van der Waals surface area contributed by atoms with Gasteiger partial charge >= 0.3 is 0 Å². The van der Waals surface area contributed by atoms with Crippen LogP contribution in [0.15, 0.2) is 85.1 Å². The van der Waals surface area contributed by atoms with Crippen molar-refractivity contribution in [1.29, 1.82) is 5.26 Å². The molecule has 0 fully saturated rings. The summed E-state index contributed by atoms with van der Waals surface area (Å²) in [5.74, 6) is -0.464. The molecule has 0 radical (unpaired) electrons. The third-order valence-electron chi connectivity index (χ3n) is 5.41. The molecule has 8 heteroatoms. The Morgan fingerprint density at radius 1 is 0.886 bits per heavy atom. The van der Waals surface area contributed by atoms with Crippen molar-refractivity contribution in [3.05, 3.63) is 102 Å². The first-order chi connectivity index (χ1) is 17.1. The summed E-state index contributed by atoms with van der Waals surface area (Å²) in [4.78, 5) is 30.9. The first-order valence-electron chi connectivity index (χ1n) is 10.8. The van der Waals surface area contributed by atoms with Crippen molar-refractivity contribution in [2.24, 2.45) is 0 Å². The fraction of sp³-hybridized carbons (Fsp3) is 0.0370. The van der Waals surface area contributed by atoms with Crippen LogP contribution in [0, 0.1) is 11.3 Å². The van der Waals surface area contributed by atoms with Crippen LogP contribution >= 0.6 is 0 Å². The summed E-state index contributed by atoms with van der Waals surface area (Å²) < 4.78 is 0. The van der Waals surface area contributed by atoms with Crippen molar-refractivity contribution in [3.8, 4) is 28.6 Å². The van der Waals surface area contributed by atoms with Crippen LogP contribution in [0.5, 0.6) is 0 Å². The third kappa shape index (κ3) is 4.51. The van der Waals surface area contributed by atoms with Crippen molar-refractivity contribution in [1.82, 2.24) is 25.3 Å². The fourth-order valence-corrected chi connectivity index (χ4v) is 3.73. The van der Waals surface area contributed by atoms with E-state index in [4.69, 9.17) is 11.0 Å². The number of pyridine rings is 2. The lowest BCUT2D eigenvalue weighted by molar-refractivity contribution is 0.0946. The van der Waals surface area contributed by atoms with Crippen LogP contribution < -0.4 is 11.1 Å². The van der Waals surface area contributed by atoms with E-state index in [9.17, 15) is 4.79 Å². The van der Waals surface area contributed by atoms with Gasteiger partial charge in [0.25, 0.3) is 5.91 Å². The Balaban J connectivity index is 1.56. The number of fused-ring (bicyclic) bond motifs is 1. The number of hydrogen-bond acceptors (Lipinski definition) is 7. The molecule has 0 aliphatic heterocycles. The summed E-state index contributed by atoms with van der Waals surface area (Å²) in [6, 6.07) is 26.2. The standard InChI is InChI=1S/C27H19N7O/c28-15-20-9-4-10-21(32-20)16-31-27(35)25-26(29)34-23(17-6-2-1-3-7-17)24(33-25)19-11-12-22-18(14-19)8-5-13-30-22/h1-14H,16H2,(H2,29,34)(H,31,35). The fourth-order valence-electron chi connectivity index (χ4n) is 3.73. The first-order valence-corrected chi connectivity index (χ1v) is 10.8. The molecule has 0 aliphatic carbocycles. The minimum atomic E-state index is -0.484. The van der Waals surface area contributed by atoms with E-state index in [2.05, 4.69) is 25.3 Å². The Hall–Kier alpha value is -5.16. The van der Waals surface area contributed by atoms with Crippen LogP contribution in [0.1, 0.15) is 21.9 Å². The minimum Gasteiger partial charge on any atom is -0.382 e. The number of amides is 1. The van der Waals surface area contributed by atoms with Crippen molar-refractivity contribution in [3.63, 3.8) is 0 Å². The summed E-state index contributed by atoms with van der Waals surface area (Å²) in [6.45, 7) is 0.118. The molecular weight excluding hydrogens is 438 g/mol. The maximum absolute atomic E-state index is 13.0. The van der Waals surface area contributed by atoms with Crippen LogP contribution in [0.4, 0.5) is 5.82 Å². The SMILES string of the molecule is N#Cc1cccc(CNC(=O)c2nc(-c3ccc4ncccc4c3)c(-c3ccccc3)nc2N)n1. The molecule has 35 heavy (non-hydrogen) atoms. The number of nitrogens with two attached hydrogens (primary N) is 1. The van der Waals surface area contributed by atoms with Crippen LogP contribution in [0.3, 0.4) is 0 Å². The molecule has 0 saturated heterocycles. The van der Waals surface area contributed by atoms with E-state index >= 15 is 0 Å². The predicted octanol–water partition coefficient (Wildman–Crippen LogP) is 4.14. The lowest BCUT2D eigenvalue weighted by atomic mass is 10.0. The number of carbonyl (C=O) groups is 1. The second-order valence-electron chi connectivity index (χ2n) is 7.74. The lowest BCUT2D eigenvalue weighted by Crippen LogP contribution is -2.26. The monoisotopic (exact) mass is 457 g/mol. The topological polar surface area (TPSA) is 130 Å². The number of rotatable bonds is 5. The van der Waals surface area contributed by atoms with Crippen LogP contribution in [0.2, 0.25) is 0 Å². The van der Waals surface area contributed by atoms with Gasteiger partial charge in [0.15, 0.2) is 11.5 Å². The number of nitrogens with one attached hydrogen (secondary N) is 1. The highest BCUT2D eigenvalue weighted by Crippen LogP contribution is 2.32. The molecule has 8 nitrogen and oxygen atoms in total. The summed E-state index contributed by atoms with van der Waals surface area (Å²) in [6.07, 6.45) is 1.74. The van der Waals surface area contributed by atoms with E-state index in [1.165, 1.54) is 0 Å². The van der Waals surface area contributed by atoms with Crippen LogP contribution in [-0.4, -0.2) is 25.8 Å². The average Bonchev–Trinajstić information content (AvgIpc) is 2.92. The molecule has 0 bridgehead atoms. The maximum atomic E-state index is 13.0. The molecule has 1 amide bonds. The molecule has 3 N–H and O–H groups in total. The smallest absolute Gasteiger partial charge is 0.274 e. The zero-order valence-corrected chi connectivity index (χ0v) is 18.5. The molecule has 2 aromatic carbocycles. The van der Waals surface area contributed by atoms with Gasteiger partial charge < -0.3 is 11.1 Å². The van der Waals surface area contributed by atoms with Gasteiger partial charge in [-0.3, -0.25) is 9.78 Å². The molecule has 5 aromatic rings. The number of nitrogen functional groups attached to an aromatic ring is 1. The summed E-state index contributed by atoms with van der Waals surface area (Å²) >= 11 is 0. The third-order valence-corrected chi connectivity index (χ3v) is 5.41. The maximum Gasteiger partial charge on any atom is 0.274 e. The number of benzene rings is 2. The van der Waals surface area contributed by atoms with Crippen LogP contribution in [-0.2, 0) is 6.54 Å². The van der Waals surface area contributed by atoms with E-state index in [0.717, 1.165) is 22.0 Å². The van der Waals surface area contributed by atoms with Gasteiger partial charge in [-0.2, -0.15) is 5.26 Å². The van der Waals surface area contributed by atoms with Crippen molar-refractivity contribution in [2.75, 3.05) is 5.73 Å². The largest absolute Gasteiger partial charge is 0.382 e. The Labute approximate surface area is 201 Å². The Kier molecular flexibility index (Phi) is 5.80. The summed E-state index contributed by atoms with van der Waals surface area (Å²) in [7, 11) is 0. The zero-order valence-electron chi connectivity index (χ0n) is 18.5. The van der Waals surface area contributed by atoms with Crippen LogP contribution in [0.25, 0.3) is 33.4 Å². The molecule has 0 saturated carbocycles. The number of nitrogens with zero attached hydrogens (tertiary/aromatic N) is 5. The second-order valence-corrected chi connectivity index (χ2v) is 7.74. The number of aromatic nitrogens is 4. The molecule has 168 valence electrons. The van der Waals surface area contributed by atoms with Crippen molar-refractivity contribution < 1.29 is 4.79 Å². The van der Waals surface area contributed by atoms with E-state index in [-0.39, 0.29) is 23.8 Å². The molecule has 0 atom stereocenters. The molecule has 0 unspecified atom stereocenters. The quantitative estimate of drug-likeness (QED) is 0.406. The van der Waals surface area contributed by atoms with Gasteiger partial charge in [0.1, 0.15) is 11.8 Å². The summed E-state index contributed by atoms with van der Waals surface area (Å²) in [5, 5.41) is 12.8. The molecule has 5 rings (SSSR count). The highest BCUT2D eigenvalue weighted by molar-refractivity contribution is 5.98. The normalized spacial score (nSPS) is 10.6. The molecule has 3 aromatic heterocycles.